The summed E-state index contributed by atoms with van der Waals surface area (Å²) in [6, 6.07) is 5.87. The van der Waals surface area contributed by atoms with Crippen LogP contribution in [0.5, 0.6) is 11.5 Å². The molecule has 2 aromatic heterocycles. The molecule has 0 aliphatic carbocycles. The van der Waals surface area contributed by atoms with Crippen LogP contribution in [-0.2, 0) is 6.54 Å². The summed E-state index contributed by atoms with van der Waals surface area (Å²) in [5.41, 5.74) is 1.54. The number of hydrogen-bond acceptors (Lipinski definition) is 7. The molecule has 9 heteroatoms. The number of aryl methyl sites for hydroxylation is 1. The first kappa shape index (κ1) is 16.7. The quantitative estimate of drug-likeness (QED) is 0.618. The standard InChI is InChI=1S/C16H15AsN4O3S/c17-14-13-15(19-9-18-14)21(4-1-5-22)16(20-13)25-10-2-3-11-12(8-10)24-7-6-23-11/h2-3,8-9,22H,1,4-7H2. The van der Waals surface area contributed by atoms with Gasteiger partial charge in [0.25, 0.3) is 0 Å². The van der Waals surface area contributed by atoms with E-state index >= 15 is 0 Å². The number of hydrogen-bond donors (Lipinski definition) is 1. The molecule has 0 atom stereocenters. The molecular formula is C16H15AsN4O3S. The van der Waals surface area contributed by atoms with E-state index in [1.807, 2.05) is 22.8 Å². The van der Waals surface area contributed by atoms with Crippen molar-refractivity contribution in [3.05, 3.63) is 24.5 Å². The molecule has 0 saturated heterocycles. The van der Waals surface area contributed by atoms with Crippen LogP contribution in [0.3, 0.4) is 0 Å². The number of imidazole rings is 1. The zero-order chi connectivity index (χ0) is 17.2. The monoisotopic (exact) mass is 418 g/mol. The Balaban J connectivity index is 1.71. The average molecular weight is 418 g/mol. The molecule has 1 aromatic carbocycles. The molecule has 1 aliphatic heterocycles. The van der Waals surface area contributed by atoms with Crippen molar-refractivity contribution < 1.29 is 14.6 Å². The van der Waals surface area contributed by atoms with Crippen molar-refractivity contribution >= 4 is 44.3 Å². The molecule has 3 heterocycles. The fourth-order valence-corrected chi connectivity index (χ4v) is 3.97. The molecule has 1 N–H and O–H groups in total. The summed E-state index contributed by atoms with van der Waals surface area (Å²) < 4.78 is 14.0. The number of rotatable bonds is 5. The second-order valence-corrected chi connectivity index (χ2v) is 7.33. The molecule has 2 radical (unpaired) electrons. The number of aliphatic hydroxyl groups is 1. The molecule has 7 nitrogen and oxygen atoms in total. The molecule has 0 saturated carbocycles. The van der Waals surface area contributed by atoms with Crippen molar-refractivity contribution in [1.82, 2.24) is 19.5 Å². The molecule has 3 aromatic rings. The van der Waals surface area contributed by atoms with E-state index in [0.29, 0.717) is 26.2 Å². The number of nitrogens with zero attached hydrogens (tertiary/aromatic N) is 4. The van der Waals surface area contributed by atoms with E-state index in [1.165, 1.54) is 18.1 Å². The molecule has 0 unspecified atom stereocenters. The van der Waals surface area contributed by atoms with Crippen LogP contribution < -0.4 is 14.0 Å². The van der Waals surface area contributed by atoms with Gasteiger partial charge in [-0.25, -0.2) is 0 Å². The third-order valence-electron chi connectivity index (χ3n) is 3.74. The van der Waals surface area contributed by atoms with Gasteiger partial charge in [0.1, 0.15) is 0 Å². The Labute approximate surface area is 157 Å². The third kappa shape index (κ3) is 3.34. The van der Waals surface area contributed by atoms with Crippen LogP contribution in [0.25, 0.3) is 11.2 Å². The van der Waals surface area contributed by atoms with E-state index in [0.717, 1.165) is 37.2 Å². The van der Waals surface area contributed by atoms with Gasteiger partial charge >= 0.3 is 157 Å². The van der Waals surface area contributed by atoms with Crippen LogP contribution >= 0.6 is 11.8 Å². The van der Waals surface area contributed by atoms with Gasteiger partial charge in [-0.15, -0.1) is 0 Å². The molecule has 0 amide bonds. The Hall–Kier alpha value is -1.76. The van der Waals surface area contributed by atoms with Crippen molar-refractivity contribution in [2.24, 2.45) is 0 Å². The molecule has 128 valence electrons. The van der Waals surface area contributed by atoms with E-state index in [9.17, 15) is 5.11 Å². The van der Waals surface area contributed by atoms with Crippen molar-refractivity contribution in [3.8, 4) is 11.5 Å². The zero-order valence-corrected chi connectivity index (χ0v) is 15.9. The van der Waals surface area contributed by atoms with Gasteiger partial charge in [-0.1, -0.05) is 0 Å². The van der Waals surface area contributed by atoms with Crippen LogP contribution in [0.4, 0.5) is 0 Å². The van der Waals surface area contributed by atoms with Gasteiger partial charge in [0.2, 0.25) is 0 Å². The van der Waals surface area contributed by atoms with Crippen LogP contribution in [0.1, 0.15) is 6.42 Å². The summed E-state index contributed by atoms with van der Waals surface area (Å²) in [4.78, 5) is 14.3. The van der Waals surface area contributed by atoms with Crippen LogP contribution in [-0.4, -0.2) is 61.3 Å². The van der Waals surface area contributed by atoms with Gasteiger partial charge in [-0.05, 0) is 0 Å². The summed E-state index contributed by atoms with van der Waals surface area (Å²) in [5.74, 6) is 1.52. The van der Waals surface area contributed by atoms with Crippen molar-refractivity contribution in [3.63, 3.8) is 0 Å². The fraction of sp³-hybridized carbons (Fsp3) is 0.312. The minimum absolute atomic E-state index is 0.119. The summed E-state index contributed by atoms with van der Waals surface area (Å²) in [6.07, 6.45) is 2.17. The average Bonchev–Trinajstić information content (AvgIpc) is 2.98. The topological polar surface area (TPSA) is 82.3 Å². The molecule has 1 aliphatic rings. The summed E-state index contributed by atoms with van der Waals surface area (Å²) in [7, 11) is 0. The molecule has 0 fully saturated rings. The van der Waals surface area contributed by atoms with Crippen LogP contribution in [0, 0.1) is 0 Å². The first-order valence-electron chi connectivity index (χ1n) is 7.85. The van der Waals surface area contributed by atoms with E-state index < -0.39 is 0 Å². The number of benzene rings is 1. The second-order valence-electron chi connectivity index (χ2n) is 5.40. The van der Waals surface area contributed by atoms with Crippen LogP contribution in [0.2, 0.25) is 0 Å². The Kier molecular flexibility index (Phi) is 4.83. The van der Waals surface area contributed by atoms with Gasteiger partial charge in [-0.3, -0.25) is 0 Å². The van der Waals surface area contributed by atoms with E-state index in [4.69, 9.17) is 14.5 Å². The Morgan fingerprint density at radius 1 is 1.20 bits per heavy atom. The first-order chi connectivity index (χ1) is 12.3. The summed E-state index contributed by atoms with van der Waals surface area (Å²) in [6.45, 7) is 1.90. The van der Waals surface area contributed by atoms with E-state index in [1.54, 1.807) is 0 Å². The number of fused-ring (bicyclic) bond motifs is 2. The SMILES string of the molecule is OCCCn1c(Sc2ccc3c(c2)OCCO3)nc2c([As])ncnc21. The minimum atomic E-state index is 0.119. The maximum absolute atomic E-state index is 9.20. The Bertz CT molecular complexity index is 918. The van der Waals surface area contributed by atoms with Crippen LogP contribution in [0.15, 0.2) is 34.6 Å². The third-order valence-corrected chi connectivity index (χ3v) is 5.41. The number of aliphatic hydroxyl groups excluding tert-OH is 1. The zero-order valence-electron chi connectivity index (χ0n) is 13.3. The second kappa shape index (κ2) is 7.23. The van der Waals surface area contributed by atoms with E-state index in [-0.39, 0.29) is 6.61 Å². The Morgan fingerprint density at radius 3 is 2.88 bits per heavy atom. The van der Waals surface area contributed by atoms with Crippen molar-refractivity contribution in [2.75, 3.05) is 19.8 Å². The summed E-state index contributed by atoms with van der Waals surface area (Å²) >= 11 is 3.96. The van der Waals surface area contributed by atoms with Gasteiger partial charge < -0.3 is 0 Å². The fourth-order valence-electron chi connectivity index (χ4n) is 2.61. The molecular weight excluding hydrogens is 403 g/mol. The molecule has 0 spiro atoms. The van der Waals surface area contributed by atoms with Crippen molar-refractivity contribution in [1.29, 1.82) is 0 Å². The number of ether oxygens (including phenoxy) is 2. The van der Waals surface area contributed by atoms with Gasteiger partial charge in [-0.2, -0.15) is 0 Å². The summed E-state index contributed by atoms with van der Waals surface area (Å²) in [5, 5.41) is 10.0. The molecule has 4 rings (SSSR count). The predicted molar refractivity (Wildman–Crippen MR) is 94.0 cm³/mol. The first-order valence-corrected chi connectivity index (χ1v) is 9.60. The molecule has 0 bridgehead atoms. The van der Waals surface area contributed by atoms with Gasteiger partial charge in [0.05, 0.1) is 0 Å². The van der Waals surface area contributed by atoms with Crippen molar-refractivity contribution in [2.45, 2.75) is 23.0 Å². The predicted octanol–water partition coefficient (Wildman–Crippen LogP) is 0.925. The van der Waals surface area contributed by atoms with Gasteiger partial charge in [0.15, 0.2) is 0 Å². The van der Waals surface area contributed by atoms with Gasteiger partial charge in [0, 0.05) is 0 Å². The van der Waals surface area contributed by atoms with E-state index in [2.05, 4.69) is 26.8 Å². The maximum atomic E-state index is 9.20. The molecule has 25 heavy (non-hydrogen) atoms. The number of aromatic nitrogens is 4. The normalized spacial score (nSPS) is 13.4. The Morgan fingerprint density at radius 2 is 2.04 bits per heavy atom.